The molecule has 1 aromatic carbocycles. The minimum Gasteiger partial charge on any atom is -0.211 e. The molecule has 0 aliphatic heterocycles. The average Bonchev–Trinajstić information content (AvgIpc) is 2.36. The number of hydrogen-bond acceptors (Lipinski definition) is 2. The summed E-state index contributed by atoms with van der Waals surface area (Å²) in [6.45, 7) is 4.35. The van der Waals surface area contributed by atoms with Gasteiger partial charge in [-0.2, -0.15) is 4.99 Å². The fourth-order valence-electron chi connectivity index (χ4n) is 2.12. The lowest BCUT2D eigenvalue weighted by Gasteiger charge is -2.10. The highest BCUT2D eigenvalue weighted by atomic mass is 16.1. The Balaban J connectivity index is 2.81. The molecule has 0 unspecified atom stereocenters. The van der Waals surface area contributed by atoms with Gasteiger partial charge >= 0.3 is 0 Å². The third-order valence-corrected chi connectivity index (χ3v) is 3.08. The van der Waals surface area contributed by atoms with Crippen molar-refractivity contribution in [3.63, 3.8) is 0 Å². The van der Waals surface area contributed by atoms with Gasteiger partial charge < -0.3 is 0 Å². The maximum absolute atomic E-state index is 10.4. The molecule has 17 heavy (non-hydrogen) atoms. The van der Waals surface area contributed by atoms with Crippen LogP contribution in [0.4, 0.5) is 5.69 Å². The summed E-state index contributed by atoms with van der Waals surface area (Å²) < 4.78 is 0. The molecule has 0 heterocycles. The quantitative estimate of drug-likeness (QED) is 0.390. The van der Waals surface area contributed by atoms with Gasteiger partial charge in [-0.05, 0) is 36.5 Å². The van der Waals surface area contributed by atoms with Crippen LogP contribution >= 0.6 is 0 Å². The number of unbranched alkanes of at least 4 members (excludes halogenated alkanes) is 3. The maximum Gasteiger partial charge on any atom is 0.240 e. The van der Waals surface area contributed by atoms with Crippen molar-refractivity contribution in [1.82, 2.24) is 0 Å². The topological polar surface area (TPSA) is 29.4 Å². The van der Waals surface area contributed by atoms with Gasteiger partial charge in [0.25, 0.3) is 0 Å². The minimum absolute atomic E-state index is 0.802. The summed E-state index contributed by atoms with van der Waals surface area (Å²) >= 11 is 0. The number of hydrogen-bond donors (Lipinski definition) is 0. The average molecular weight is 231 g/mol. The maximum atomic E-state index is 10.4. The van der Waals surface area contributed by atoms with Crippen molar-refractivity contribution >= 4 is 11.8 Å². The highest BCUT2D eigenvalue weighted by Gasteiger charge is 2.06. The normalized spacial score (nSPS) is 10.0. The van der Waals surface area contributed by atoms with Crippen molar-refractivity contribution in [3.8, 4) is 0 Å². The van der Waals surface area contributed by atoms with Crippen LogP contribution in [-0.4, -0.2) is 6.08 Å². The highest BCUT2D eigenvalue weighted by molar-refractivity contribution is 5.56. The molecule has 0 saturated carbocycles. The monoisotopic (exact) mass is 231 g/mol. The Labute approximate surface area is 104 Å². The van der Waals surface area contributed by atoms with Crippen LogP contribution in [0.15, 0.2) is 23.2 Å². The van der Waals surface area contributed by atoms with Gasteiger partial charge in [0.15, 0.2) is 0 Å². The molecule has 0 amide bonds. The molecule has 0 bridgehead atoms. The Hall–Kier alpha value is -1.40. The van der Waals surface area contributed by atoms with E-state index in [2.05, 4.69) is 24.9 Å². The van der Waals surface area contributed by atoms with Crippen molar-refractivity contribution in [2.24, 2.45) is 4.99 Å². The fourth-order valence-corrected chi connectivity index (χ4v) is 2.12. The number of carbonyl (C=O) groups excluding carboxylic acids is 1. The molecule has 1 rings (SSSR count). The third-order valence-electron chi connectivity index (χ3n) is 3.08. The summed E-state index contributed by atoms with van der Waals surface area (Å²) in [5.41, 5.74) is 3.34. The first-order valence-electron chi connectivity index (χ1n) is 6.52. The van der Waals surface area contributed by atoms with Crippen molar-refractivity contribution in [3.05, 3.63) is 29.3 Å². The Morgan fingerprint density at radius 2 is 2.00 bits per heavy atom. The molecule has 0 radical (unpaired) electrons. The molecule has 0 saturated heterocycles. The van der Waals surface area contributed by atoms with E-state index in [1.165, 1.54) is 36.8 Å². The van der Waals surface area contributed by atoms with Crippen molar-refractivity contribution in [2.75, 3.05) is 0 Å². The minimum atomic E-state index is 0.802. The summed E-state index contributed by atoms with van der Waals surface area (Å²) in [5, 5.41) is 0. The van der Waals surface area contributed by atoms with Crippen LogP contribution in [0.3, 0.4) is 0 Å². The van der Waals surface area contributed by atoms with E-state index in [1.54, 1.807) is 6.08 Å². The summed E-state index contributed by atoms with van der Waals surface area (Å²) in [5.74, 6) is 0. The van der Waals surface area contributed by atoms with Gasteiger partial charge in [-0.25, -0.2) is 4.79 Å². The lowest BCUT2D eigenvalue weighted by atomic mass is 9.97. The Bertz CT molecular complexity index is 392. The zero-order valence-electron chi connectivity index (χ0n) is 10.8. The van der Waals surface area contributed by atoms with Gasteiger partial charge in [0.05, 0.1) is 5.69 Å². The van der Waals surface area contributed by atoms with Gasteiger partial charge in [0.2, 0.25) is 6.08 Å². The molecule has 92 valence electrons. The van der Waals surface area contributed by atoms with E-state index in [0.29, 0.717) is 0 Å². The molecule has 0 N–H and O–H groups in total. The molecule has 0 aliphatic rings. The van der Waals surface area contributed by atoms with Gasteiger partial charge in [-0.1, -0.05) is 45.2 Å². The molecule has 0 atom stereocenters. The van der Waals surface area contributed by atoms with E-state index in [1.807, 2.05) is 12.1 Å². The molecule has 2 nitrogen and oxygen atoms in total. The number of rotatable bonds is 7. The van der Waals surface area contributed by atoms with E-state index in [9.17, 15) is 4.79 Å². The van der Waals surface area contributed by atoms with E-state index >= 15 is 0 Å². The number of benzene rings is 1. The second kappa shape index (κ2) is 7.81. The van der Waals surface area contributed by atoms with Gasteiger partial charge in [0, 0.05) is 0 Å². The van der Waals surface area contributed by atoms with Gasteiger partial charge in [0.1, 0.15) is 0 Å². The van der Waals surface area contributed by atoms with Gasteiger partial charge in [-0.15, -0.1) is 0 Å². The van der Waals surface area contributed by atoms with E-state index in [0.717, 1.165) is 18.5 Å². The second-order valence-electron chi connectivity index (χ2n) is 4.28. The zero-order valence-corrected chi connectivity index (χ0v) is 10.8. The zero-order chi connectivity index (χ0) is 12.5. The molecule has 2 heteroatoms. The first-order chi connectivity index (χ1) is 8.33. The summed E-state index contributed by atoms with van der Waals surface area (Å²) in [4.78, 5) is 14.2. The molecule has 0 aromatic heterocycles. The molecular weight excluding hydrogens is 210 g/mol. The smallest absolute Gasteiger partial charge is 0.211 e. The molecule has 1 aromatic rings. The number of aliphatic imine (C=N–C) groups is 1. The number of isocyanates is 1. The van der Waals surface area contributed by atoms with Crippen LogP contribution in [0, 0.1) is 0 Å². The van der Waals surface area contributed by atoms with Crippen LogP contribution in [0.5, 0.6) is 0 Å². The van der Waals surface area contributed by atoms with Gasteiger partial charge in [-0.3, -0.25) is 0 Å². The SMILES string of the molecule is CCCCCCc1c(CC)cccc1N=C=O. The fraction of sp³-hybridized carbons (Fsp3) is 0.533. The molecule has 0 aliphatic carbocycles. The highest BCUT2D eigenvalue weighted by Crippen LogP contribution is 2.25. The van der Waals surface area contributed by atoms with Crippen molar-refractivity contribution < 1.29 is 4.79 Å². The van der Waals surface area contributed by atoms with Crippen LogP contribution in [0.2, 0.25) is 0 Å². The Morgan fingerprint density at radius 3 is 2.65 bits per heavy atom. The summed E-state index contributed by atoms with van der Waals surface area (Å²) in [6, 6.07) is 5.99. The second-order valence-corrected chi connectivity index (χ2v) is 4.28. The predicted molar refractivity (Wildman–Crippen MR) is 71.4 cm³/mol. The van der Waals surface area contributed by atoms with Crippen molar-refractivity contribution in [2.45, 2.75) is 52.4 Å². The molecule has 0 spiro atoms. The van der Waals surface area contributed by atoms with Crippen LogP contribution in [0.1, 0.15) is 50.7 Å². The standard InChI is InChI=1S/C15H21NO/c1-3-5-6-7-10-14-13(4-2)9-8-11-15(14)16-12-17/h8-9,11H,3-7,10H2,1-2H3. The largest absolute Gasteiger partial charge is 0.240 e. The van der Waals surface area contributed by atoms with E-state index in [-0.39, 0.29) is 0 Å². The van der Waals surface area contributed by atoms with Crippen LogP contribution < -0.4 is 0 Å². The third kappa shape index (κ3) is 4.16. The molecule has 0 fully saturated rings. The first-order valence-corrected chi connectivity index (χ1v) is 6.52. The lowest BCUT2D eigenvalue weighted by molar-refractivity contribution is 0.565. The first kappa shape index (κ1) is 13.7. The summed E-state index contributed by atoms with van der Waals surface area (Å²) in [7, 11) is 0. The van der Waals surface area contributed by atoms with E-state index in [4.69, 9.17) is 0 Å². The Kier molecular flexibility index (Phi) is 6.27. The predicted octanol–water partition coefficient (Wildman–Crippen LogP) is 4.34. The Morgan fingerprint density at radius 1 is 1.18 bits per heavy atom. The van der Waals surface area contributed by atoms with Crippen LogP contribution in [0.25, 0.3) is 0 Å². The lowest BCUT2D eigenvalue weighted by Crippen LogP contribution is -1.94. The summed E-state index contributed by atoms with van der Waals surface area (Å²) in [6.07, 6.45) is 8.61. The number of aryl methyl sites for hydroxylation is 1. The number of nitrogens with zero attached hydrogens (tertiary/aromatic N) is 1. The van der Waals surface area contributed by atoms with Crippen molar-refractivity contribution in [1.29, 1.82) is 0 Å². The van der Waals surface area contributed by atoms with Crippen LogP contribution in [-0.2, 0) is 17.6 Å². The molecular formula is C15H21NO. The van der Waals surface area contributed by atoms with E-state index < -0.39 is 0 Å².